The Morgan fingerprint density at radius 2 is 1.84 bits per heavy atom. The minimum atomic E-state index is -4.50. The molecule has 2 amide bonds. The summed E-state index contributed by atoms with van der Waals surface area (Å²) in [6.07, 6.45) is 0.0668. The number of carbonyl (C=O) groups excluding carboxylic acids is 2. The molecule has 1 aliphatic heterocycles. The first kappa shape index (κ1) is 31.2. The predicted octanol–water partition coefficient (Wildman–Crippen LogP) is 2.30. The highest BCUT2D eigenvalue weighted by Gasteiger charge is 2.31. The average molecular weight is 617 g/mol. The number of hydrogen-bond donors (Lipinski definition) is 2. The van der Waals surface area contributed by atoms with Crippen LogP contribution in [0.3, 0.4) is 0 Å². The molecule has 1 unspecified atom stereocenters. The number of nitrogens with zero attached hydrogens (tertiary/aromatic N) is 6. The van der Waals surface area contributed by atoms with Crippen LogP contribution in [0.15, 0.2) is 35.1 Å². The minimum absolute atomic E-state index is 0.0906. The number of alkyl halides is 3. The van der Waals surface area contributed by atoms with Crippen molar-refractivity contribution in [3.8, 4) is 0 Å². The van der Waals surface area contributed by atoms with Gasteiger partial charge in [-0.2, -0.15) is 22.7 Å². The zero-order valence-electron chi connectivity index (χ0n) is 24.6. The molecule has 3 aromatic rings. The number of hydrogen-bond acceptors (Lipinski definition) is 8. The van der Waals surface area contributed by atoms with Crippen LogP contribution in [-0.2, 0) is 33.5 Å². The van der Waals surface area contributed by atoms with Crippen LogP contribution in [0.1, 0.15) is 43.3 Å². The van der Waals surface area contributed by atoms with Gasteiger partial charge in [0, 0.05) is 39.0 Å². The molecule has 15 heteroatoms. The van der Waals surface area contributed by atoms with Gasteiger partial charge in [-0.15, -0.1) is 5.10 Å². The number of methoxy groups -OCH3 is 1. The number of rotatable bonds is 8. The SMILES string of the molecule is CCc1c(N2CCN(C(=O)CN)CC2)c(=O)n2nc(C3=CCC(OC)CC3)nc2n1CC(=O)Nc1ccc(C(F)(F)F)cc1. The second kappa shape index (κ2) is 12.8. The van der Waals surface area contributed by atoms with E-state index in [1.54, 1.807) is 16.6 Å². The zero-order valence-corrected chi connectivity index (χ0v) is 24.6. The lowest BCUT2D eigenvalue weighted by Crippen LogP contribution is -2.52. The first-order valence-corrected chi connectivity index (χ1v) is 14.5. The van der Waals surface area contributed by atoms with Crippen LogP contribution in [-0.4, -0.2) is 81.8 Å². The summed E-state index contributed by atoms with van der Waals surface area (Å²) in [5.41, 5.74) is 6.30. The van der Waals surface area contributed by atoms with Crippen molar-refractivity contribution in [3.05, 3.63) is 57.8 Å². The van der Waals surface area contributed by atoms with Gasteiger partial charge in [-0.1, -0.05) is 13.0 Å². The smallest absolute Gasteiger partial charge is 0.381 e. The zero-order chi connectivity index (χ0) is 31.6. The molecule has 2 aliphatic rings. The molecule has 12 nitrogen and oxygen atoms in total. The quantitative estimate of drug-likeness (QED) is 0.393. The van der Waals surface area contributed by atoms with Gasteiger partial charge in [0.25, 0.3) is 5.56 Å². The molecule has 0 radical (unpaired) electrons. The van der Waals surface area contributed by atoms with E-state index in [1.165, 1.54) is 16.6 Å². The van der Waals surface area contributed by atoms with E-state index >= 15 is 0 Å². The maximum absolute atomic E-state index is 14.0. The third-order valence-electron chi connectivity index (χ3n) is 8.06. The van der Waals surface area contributed by atoms with Crippen LogP contribution in [0.5, 0.6) is 0 Å². The van der Waals surface area contributed by atoms with E-state index in [0.717, 1.165) is 24.1 Å². The van der Waals surface area contributed by atoms with Crippen LogP contribution in [0.25, 0.3) is 11.4 Å². The molecule has 1 fully saturated rings. The molecule has 0 bridgehead atoms. The summed E-state index contributed by atoms with van der Waals surface area (Å²) in [6.45, 7) is 3.00. The number of ether oxygens (including phenoxy) is 1. The lowest BCUT2D eigenvalue weighted by atomic mass is 9.97. The van der Waals surface area contributed by atoms with Crippen molar-refractivity contribution < 1.29 is 27.5 Å². The fraction of sp³-hybridized carbons (Fsp3) is 0.483. The monoisotopic (exact) mass is 616 g/mol. The summed E-state index contributed by atoms with van der Waals surface area (Å²) >= 11 is 0. The summed E-state index contributed by atoms with van der Waals surface area (Å²) in [5, 5.41) is 7.22. The maximum atomic E-state index is 14.0. The summed E-state index contributed by atoms with van der Waals surface area (Å²) in [7, 11) is 1.66. The molecule has 5 rings (SSSR count). The molecular weight excluding hydrogens is 581 g/mol. The molecule has 0 saturated carbocycles. The molecular formula is C29H35F3N8O4. The topological polar surface area (TPSA) is 140 Å². The van der Waals surface area contributed by atoms with Gasteiger partial charge in [-0.3, -0.25) is 14.4 Å². The third kappa shape index (κ3) is 6.33. The lowest BCUT2D eigenvalue weighted by Gasteiger charge is -2.36. The molecule has 1 aromatic carbocycles. The van der Waals surface area contributed by atoms with E-state index in [4.69, 9.17) is 15.5 Å². The van der Waals surface area contributed by atoms with Gasteiger partial charge in [0.05, 0.1) is 23.9 Å². The first-order valence-electron chi connectivity index (χ1n) is 14.5. The van der Waals surface area contributed by atoms with Crippen molar-refractivity contribution in [1.82, 2.24) is 24.1 Å². The van der Waals surface area contributed by atoms with E-state index in [0.29, 0.717) is 62.6 Å². The fourth-order valence-electron chi connectivity index (χ4n) is 5.69. The van der Waals surface area contributed by atoms with Crippen LogP contribution >= 0.6 is 0 Å². The predicted molar refractivity (Wildman–Crippen MR) is 157 cm³/mol. The molecule has 1 saturated heterocycles. The van der Waals surface area contributed by atoms with E-state index in [1.807, 2.05) is 17.9 Å². The molecule has 3 heterocycles. The van der Waals surface area contributed by atoms with E-state index < -0.39 is 17.6 Å². The lowest BCUT2D eigenvalue weighted by molar-refractivity contribution is -0.137. The van der Waals surface area contributed by atoms with Gasteiger partial charge in [-0.05, 0) is 55.5 Å². The van der Waals surface area contributed by atoms with Gasteiger partial charge in [0.2, 0.25) is 17.6 Å². The van der Waals surface area contributed by atoms with Crippen molar-refractivity contribution >= 4 is 34.5 Å². The third-order valence-corrected chi connectivity index (χ3v) is 8.06. The highest BCUT2D eigenvalue weighted by atomic mass is 19.4. The number of fused-ring (bicyclic) bond motifs is 1. The van der Waals surface area contributed by atoms with Crippen molar-refractivity contribution in [2.24, 2.45) is 5.73 Å². The molecule has 0 spiro atoms. The summed E-state index contributed by atoms with van der Waals surface area (Å²) in [5.74, 6) is -0.129. The molecule has 1 aliphatic carbocycles. The standard InChI is InChI=1S/C29H35F3N8O4/c1-3-22-25(38-14-12-37(13-15-38)24(42)16-33)27(43)40-28(35-26(36-40)18-4-10-21(44-2)11-5-18)39(22)17-23(41)34-20-8-6-19(7-9-20)29(30,31)32/h4,6-9,21H,3,5,10-17,33H2,1-2H3,(H,34,41). The molecule has 2 aromatic heterocycles. The van der Waals surface area contributed by atoms with Gasteiger partial charge in [0.1, 0.15) is 12.2 Å². The normalized spacial score (nSPS) is 17.6. The Balaban J connectivity index is 1.53. The number of anilines is 2. The second-order valence-corrected chi connectivity index (χ2v) is 10.7. The fourth-order valence-corrected chi connectivity index (χ4v) is 5.69. The molecule has 1 atom stereocenters. The summed E-state index contributed by atoms with van der Waals surface area (Å²) < 4.78 is 47.3. The van der Waals surface area contributed by atoms with E-state index in [-0.39, 0.29) is 42.1 Å². The Bertz CT molecular complexity index is 1620. The molecule has 44 heavy (non-hydrogen) atoms. The number of carbonyl (C=O) groups is 2. The maximum Gasteiger partial charge on any atom is 0.416 e. The Morgan fingerprint density at radius 3 is 2.41 bits per heavy atom. The minimum Gasteiger partial charge on any atom is -0.381 e. The number of aromatic nitrogens is 4. The second-order valence-electron chi connectivity index (χ2n) is 10.7. The van der Waals surface area contributed by atoms with Crippen LogP contribution in [0.2, 0.25) is 0 Å². The van der Waals surface area contributed by atoms with Crippen LogP contribution < -0.4 is 21.5 Å². The average Bonchev–Trinajstić information content (AvgIpc) is 3.48. The highest BCUT2D eigenvalue weighted by Crippen LogP contribution is 2.30. The Kier molecular flexibility index (Phi) is 9.06. The van der Waals surface area contributed by atoms with Crippen molar-refractivity contribution in [3.63, 3.8) is 0 Å². The summed E-state index contributed by atoms with van der Waals surface area (Å²) in [4.78, 5) is 47.7. The first-order chi connectivity index (χ1) is 21.0. The van der Waals surface area contributed by atoms with Crippen molar-refractivity contribution in [1.29, 1.82) is 0 Å². The van der Waals surface area contributed by atoms with Crippen LogP contribution in [0.4, 0.5) is 24.5 Å². The number of nitrogens with two attached hydrogens (primary N) is 1. The number of allylic oxidation sites excluding steroid dienone is 1. The number of halogens is 3. The van der Waals surface area contributed by atoms with Crippen molar-refractivity contribution in [2.75, 3.05) is 50.1 Å². The van der Waals surface area contributed by atoms with Gasteiger partial charge >= 0.3 is 6.18 Å². The molecule has 236 valence electrons. The number of benzene rings is 1. The van der Waals surface area contributed by atoms with Gasteiger partial charge in [-0.25, -0.2) is 0 Å². The largest absolute Gasteiger partial charge is 0.416 e. The number of piperazine rings is 1. The highest BCUT2D eigenvalue weighted by molar-refractivity contribution is 5.91. The van der Waals surface area contributed by atoms with E-state index in [2.05, 4.69) is 10.4 Å². The summed E-state index contributed by atoms with van der Waals surface area (Å²) in [6, 6.07) is 4.17. The van der Waals surface area contributed by atoms with Crippen LogP contribution in [0, 0.1) is 0 Å². The Hall–Kier alpha value is -4.24. The Labute approximate surface area is 251 Å². The Morgan fingerprint density at radius 1 is 1.14 bits per heavy atom. The molecule has 3 N–H and O–H groups in total. The van der Waals surface area contributed by atoms with Gasteiger partial charge in [0.15, 0.2) is 5.82 Å². The van der Waals surface area contributed by atoms with Crippen molar-refractivity contribution in [2.45, 2.75) is 51.4 Å². The van der Waals surface area contributed by atoms with Gasteiger partial charge < -0.3 is 30.2 Å². The van der Waals surface area contributed by atoms with E-state index in [9.17, 15) is 27.6 Å². The number of nitrogens with one attached hydrogen (secondary N) is 1. The number of amides is 2.